The van der Waals surface area contributed by atoms with Crippen LogP contribution in [0.1, 0.15) is 28.7 Å². The molecule has 4 rings (SSSR count). The van der Waals surface area contributed by atoms with E-state index in [0.29, 0.717) is 35.1 Å². The number of nitrogens with one attached hydrogen (secondary N) is 1. The van der Waals surface area contributed by atoms with Gasteiger partial charge in [0.05, 0.1) is 30.0 Å². The highest BCUT2D eigenvalue weighted by Gasteiger charge is 2.56. The molecule has 1 N–H and O–H groups in total. The van der Waals surface area contributed by atoms with Crippen LogP contribution in [0.4, 0.5) is 23.7 Å². The number of aryl methyl sites for hydroxylation is 1. The Hall–Kier alpha value is -3.54. The lowest BCUT2D eigenvalue weighted by Crippen LogP contribution is -2.42. The number of urea groups is 1. The summed E-state index contributed by atoms with van der Waals surface area (Å²) in [5, 5.41) is 11.6. The van der Waals surface area contributed by atoms with Crippen molar-refractivity contribution >= 4 is 17.6 Å². The molecule has 0 saturated carbocycles. The number of rotatable bonds is 2. The number of imide groups is 1. The van der Waals surface area contributed by atoms with E-state index in [9.17, 15) is 22.8 Å². The summed E-state index contributed by atoms with van der Waals surface area (Å²) in [5.74, 6) is -0.0411. The van der Waals surface area contributed by atoms with E-state index in [-0.39, 0.29) is 5.69 Å². The SMILES string of the molecule is COc1ccc2c(c1)CCC21NC(=O)N(c2ccc(C#N)c(C(F)(F)F)c2)C1=O. The molecule has 1 spiro atoms. The van der Waals surface area contributed by atoms with Gasteiger partial charge >= 0.3 is 12.2 Å². The Morgan fingerprint density at radius 3 is 2.62 bits per heavy atom. The van der Waals surface area contributed by atoms with Crippen LogP contribution in [0.5, 0.6) is 5.75 Å². The topological polar surface area (TPSA) is 82.4 Å². The first kappa shape index (κ1) is 18.8. The maximum Gasteiger partial charge on any atom is 0.417 e. The van der Waals surface area contributed by atoms with E-state index in [1.165, 1.54) is 13.2 Å². The Balaban J connectivity index is 1.78. The number of amides is 3. The predicted octanol–water partition coefficient (Wildman–Crippen LogP) is 3.48. The molecule has 29 heavy (non-hydrogen) atoms. The van der Waals surface area contributed by atoms with E-state index in [1.54, 1.807) is 18.2 Å². The third-order valence-electron chi connectivity index (χ3n) is 5.32. The number of methoxy groups -OCH3 is 1. The van der Waals surface area contributed by atoms with Crippen molar-refractivity contribution in [3.8, 4) is 11.8 Å². The number of alkyl halides is 3. The summed E-state index contributed by atoms with van der Waals surface area (Å²) in [4.78, 5) is 26.6. The second-order valence-corrected chi connectivity index (χ2v) is 6.84. The van der Waals surface area contributed by atoms with Crippen LogP contribution in [0.25, 0.3) is 0 Å². The van der Waals surface area contributed by atoms with Crippen molar-refractivity contribution in [1.29, 1.82) is 5.26 Å². The predicted molar refractivity (Wildman–Crippen MR) is 95.2 cm³/mol. The maximum atomic E-state index is 13.3. The molecular weight excluding hydrogens is 387 g/mol. The molecule has 2 aliphatic rings. The number of ether oxygens (including phenoxy) is 1. The average molecular weight is 401 g/mol. The summed E-state index contributed by atoms with van der Waals surface area (Å²) in [5.41, 5.74) is -1.92. The lowest BCUT2D eigenvalue weighted by Gasteiger charge is -2.23. The maximum absolute atomic E-state index is 13.3. The van der Waals surface area contributed by atoms with E-state index in [4.69, 9.17) is 10.00 Å². The molecule has 1 fully saturated rings. The zero-order chi connectivity index (χ0) is 21.0. The van der Waals surface area contributed by atoms with Crippen molar-refractivity contribution in [3.05, 3.63) is 58.7 Å². The molecule has 1 saturated heterocycles. The number of nitriles is 1. The first-order valence-corrected chi connectivity index (χ1v) is 8.67. The lowest BCUT2D eigenvalue weighted by atomic mass is 9.91. The van der Waals surface area contributed by atoms with Crippen LogP contribution in [0.15, 0.2) is 36.4 Å². The normalized spacial score (nSPS) is 20.6. The highest BCUT2D eigenvalue weighted by molar-refractivity contribution is 6.23. The molecular formula is C20H14F3N3O3. The Morgan fingerprint density at radius 1 is 1.21 bits per heavy atom. The van der Waals surface area contributed by atoms with Crippen molar-refractivity contribution in [3.63, 3.8) is 0 Å². The quantitative estimate of drug-likeness (QED) is 0.781. The smallest absolute Gasteiger partial charge is 0.417 e. The fraction of sp³-hybridized carbons (Fsp3) is 0.250. The van der Waals surface area contributed by atoms with Crippen LogP contribution in [0, 0.1) is 11.3 Å². The van der Waals surface area contributed by atoms with Gasteiger partial charge in [-0.15, -0.1) is 0 Å². The second kappa shape index (κ2) is 6.24. The number of benzene rings is 2. The summed E-state index contributed by atoms with van der Waals surface area (Å²) in [6, 6.07) is 8.56. The second-order valence-electron chi connectivity index (χ2n) is 6.84. The van der Waals surface area contributed by atoms with Crippen LogP contribution in [-0.2, 0) is 22.9 Å². The summed E-state index contributed by atoms with van der Waals surface area (Å²) in [7, 11) is 1.51. The number of halogens is 3. The van der Waals surface area contributed by atoms with Gasteiger partial charge in [-0.3, -0.25) is 4.79 Å². The van der Waals surface area contributed by atoms with E-state index >= 15 is 0 Å². The van der Waals surface area contributed by atoms with Gasteiger partial charge in [0.25, 0.3) is 5.91 Å². The molecule has 148 valence electrons. The molecule has 9 heteroatoms. The number of nitrogens with zero attached hydrogens (tertiary/aromatic N) is 2. The molecule has 1 aliphatic carbocycles. The van der Waals surface area contributed by atoms with Gasteiger partial charge in [-0.05, 0) is 54.3 Å². The number of fused-ring (bicyclic) bond motifs is 2. The first-order chi connectivity index (χ1) is 13.7. The minimum Gasteiger partial charge on any atom is -0.497 e. The summed E-state index contributed by atoms with van der Waals surface area (Å²) < 4.78 is 45.1. The van der Waals surface area contributed by atoms with Crippen molar-refractivity contribution in [2.75, 3.05) is 12.0 Å². The molecule has 2 aromatic carbocycles. The van der Waals surface area contributed by atoms with Crippen molar-refractivity contribution in [2.24, 2.45) is 0 Å². The van der Waals surface area contributed by atoms with Gasteiger partial charge in [-0.2, -0.15) is 18.4 Å². The van der Waals surface area contributed by atoms with Gasteiger partial charge in [0.2, 0.25) is 0 Å². The van der Waals surface area contributed by atoms with Gasteiger partial charge in [0.1, 0.15) is 11.3 Å². The minimum absolute atomic E-state index is 0.238. The molecule has 1 unspecified atom stereocenters. The summed E-state index contributed by atoms with van der Waals surface area (Å²) in [6.07, 6.45) is -4.00. The van der Waals surface area contributed by atoms with E-state index in [1.807, 2.05) is 0 Å². The van der Waals surface area contributed by atoms with Gasteiger partial charge < -0.3 is 10.1 Å². The molecule has 2 aromatic rings. The average Bonchev–Trinajstić information content (AvgIpc) is 3.17. The van der Waals surface area contributed by atoms with Crippen molar-refractivity contribution in [1.82, 2.24) is 5.32 Å². The van der Waals surface area contributed by atoms with Gasteiger partial charge in [-0.25, -0.2) is 9.69 Å². The Kier molecular flexibility index (Phi) is 4.04. The van der Waals surface area contributed by atoms with Gasteiger partial charge in [-0.1, -0.05) is 6.07 Å². The monoisotopic (exact) mass is 401 g/mol. The third-order valence-corrected chi connectivity index (χ3v) is 5.32. The molecule has 1 heterocycles. The number of hydrogen-bond donors (Lipinski definition) is 1. The molecule has 6 nitrogen and oxygen atoms in total. The zero-order valence-electron chi connectivity index (χ0n) is 15.1. The van der Waals surface area contributed by atoms with Crippen molar-refractivity contribution in [2.45, 2.75) is 24.6 Å². The van der Waals surface area contributed by atoms with Crippen molar-refractivity contribution < 1.29 is 27.5 Å². The molecule has 1 atom stereocenters. The number of anilines is 1. The van der Waals surface area contributed by atoms with Gasteiger partial charge in [0.15, 0.2) is 0 Å². The van der Waals surface area contributed by atoms with Crippen LogP contribution >= 0.6 is 0 Å². The zero-order valence-corrected chi connectivity index (χ0v) is 15.1. The van der Waals surface area contributed by atoms with Crippen LogP contribution in [0.3, 0.4) is 0 Å². The standard InChI is InChI=1S/C20H14F3N3O3/c1-29-14-4-5-15-11(8-14)6-7-19(15)17(27)26(18(28)25-19)13-3-2-12(10-24)16(9-13)20(21,22)23/h2-5,8-9H,6-7H2,1H3,(H,25,28). The van der Waals surface area contributed by atoms with Crippen LogP contribution in [0.2, 0.25) is 0 Å². The molecule has 3 amide bonds. The van der Waals surface area contributed by atoms with Crippen LogP contribution < -0.4 is 15.0 Å². The summed E-state index contributed by atoms with van der Waals surface area (Å²) >= 11 is 0. The Morgan fingerprint density at radius 2 is 1.97 bits per heavy atom. The highest BCUT2D eigenvalue weighted by Crippen LogP contribution is 2.44. The molecule has 0 radical (unpaired) electrons. The molecule has 0 aromatic heterocycles. The van der Waals surface area contributed by atoms with Gasteiger partial charge in [0, 0.05) is 0 Å². The number of carbonyl (C=O) groups is 2. The third kappa shape index (κ3) is 2.71. The fourth-order valence-corrected chi connectivity index (χ4v) is 3.94. The van der Waals surface area contributed by atoms with E-state index in [2.05, 4.69) is 5.32 Å². The molecule has 0 bridgehead atoms. The largest absolute Gasteiger partial charge is 0.497 e. The lowest BCUT2D eigenvalue weighted by molar-refractivity contribution is -0.137. The highest BCUT2D eigenvalue weighted by atomic mass is 19.4. The number of carbonyl (C=O) groups excluding carboxylic acids is 2. The van der Waals surface area contributed by atoms with E-state index < -0.39 is 34.8 Å². The number of hydrogen-bond acceptors (Lipinski definition) is 4. The first-order valence-electron chi connectivity index (χ1n) is 8.67. The molecule has 1 aliphatic heterocycles. The fourth-order valence-electron chi connectivity index (χ4n) is 3.94. The summed E-state index contributed by atoms with van der Waals surface area (Å²) in [6.45, 7) is 0. The Bertz CT molecular complexity index is 1090. The van der Waals surface area contributed by atoms with E-state index in [0.717, 1.165) is 17.7 Å². The minimum atomic E-state index is -4.80. The Labute approximate surface area is 163 Å². The van der Waals surface area contributed by atoms with Crippen LogP contribution in [-0.4, -0.2) is 19.0 Å².